The summed E-state index contributed by atoms with van der Waals surface area (Å²) in [6, 6.07) is 11.4. The average Bonchev–Trinajstić information content (AvgIpc) is 2.55. The van der Waals surface area contributed by atoms with Crippen molar-refractivity contribution in [1.82, 2.24) is 10.3 Å². The second-order valence-electron chi connectivity index (χ2n) is 4.41. The summed E-state index contributed by atoms with van der Waals surface area (Å²) in [6.07, 6.45) is 1.80. The zero-order valence-corrected chi connectivity index (χ0v) is 12.3. The lowest BCUT2D eigenvalue weighted by molar-refractivity contribution is 0.313. The van der Waals surface area contributed by atoms with E-state index in [0.29, 0.717) is 12.5 Å². The van der Waals surface area contributed by atoms with Gasteiger partial charge in [0, 0.05) is 25.4 Å². The van der Waals surface area contributed by atoms with Gasteiger partial charge in [0.25, 0.3) is 0 Å². The van der Waals surface area contributed by atoms with Crippen LogP contribution in [-0.4, -0.2) is 32.4 Å². The summed E-state index contributed by atoms with van der Waals surface area (Å²) >= 11 is 0. The van der Waals surface area contributed by atoms with Crippen LogP contribution in [0, 0.1) is 0 Å². The lowest BCUT2D eigenvalue weighted by Gasteiger charge is -2.08. The molecule has 0 aliphatic rings. The predicted molar refractivity (Wildman–Crippen MR) is 81.0 cm³/mol. The molecule has 0 fully saturated rings. The van der Waals surface area contributed by atoms with Gasteiger partial charge in [-0.3, -0.25) is 0 Å². The third-order valence-corrected chi connectivity index (χ3v) is 2.94. The summed E-state index contributed by atoms with van der Waals surface area (Å²) in [4.78, 5) is 4.15. The van der Waals surface area contributed by atoms with Crippen molar-refractivity contribution in [3.8, 4) is 17.4 Å². The monoisotopic (exact) mass is 288 g/mol. The highest BCUT2D eigenvalue weighted by Gasteiger charge is 1.97. The van der Waals surface area contributed by atoms with E-state index in [1.54, 1.807) is 20.4 Å². The Morgan fingerprint density at radius 1 is 0.952 bits per heavy atom. The van der Waals surface area contributed by atoms with E-state index in [4.69, 9.17) is 14.2 Å². The number of methoxy groups -OCH3 is 2. The maximum Gasteiger partial charge on any atom is 0.212 e. The zero-order chi connectivity index (χ0) is 14.9. The van der Waals surface area contributed by atoms with Gasteiger partial charge >= 0.3 is 0 Å². The summed E-state index contributed by atoms with van der Waals surface area (Å²) in [7, 11) is 3.25. The summed E-state index contributed by atoms with van der Waals surface area (Å²) in [5, 5.41) is 3.30. The molecule has 0 aliphatic heterocycles. The van der Waals surface area contributed by atoms with Crippen LogP contribution in [0.1, 0.15) is 5.56 Å². The molecule has 0 aliphatic carbocycles. The third-order valence-electron chi connectivity index (χ3n) is 2.94. The second-order valence-corrected chi connectivity index (χ2v) is 4.41. The molecule has 0 atom stereocenters. The molecule has 21 heavy (non-hydrogen) atoms. The highest BCUT2D eigenvalue weighted by atomic mass is 16.5. The van der Waals surface area contributed by atoms with E-state index in [1.807, 2.05) is 36.4 Å². The average molecular weight is 288 g/mol. The Kier molecular flexibility index (Phi) is 5.84. The van der Waals surface area contributed by atoms with Crippen LogP contribution in [-0.2, 0) is 6.54 Å². The largest absolute Gasteiger partial charge is 0.497 e. The molecule has 0 saturated carbocycles. The quantitative estimate of drug-likeness (QED) is 0.755. The lowest BCUT2D eigenvalue weighted by atomic mass is 10.3. The highest BCUT2D eigenvalue weighted by molar-refractivity contribution is 5.31. The van der Waals surface area contributed by atoms with Crippen LogP contribution in [0.2, 0.25) is 0 Å². The molecule has 5 nitrogen and oxygen atoms in total. The predicted octanol–water partition coefficient (Wildman–Crippen LogP) is 2.27. The topological polar surface area (TPSA) is 52.6 Å². The fourth-order valence-electron chi connectivity index (χ4n) is 1.78. The van der Waals surface area contributed by atoms with Gasteiger partial charge in [-0.05, 0) is 29.8 Å². The van der Waals surface area contributed by atoms with Gasteiger partial charge in [0.2, 0.25) is 5.88 Å². The smallest absolute Gasteiger partial charge is 0.212 e. The summed E-state index contributed by atoms with van der Waals surface area (Å²) in [5.74, 6) is 2.29. The van der Waals surface area contributed by atoms with Crippen molar-refractivity contribution in [3.63, 3.8) is 0 Å². The van der Waals surface area contributed by atoms with Crippen LogP contribution in [0.5, 0.6) is 17.4 Å². The first-order valence-electron chi connectivity index (χ1n) is 6.78. The maximum absolute atomic E-state index is 5.63. The van der Waals surface area contributed by atoms with E-state index in [1.165, 1.54) is 0 Å². The van der Waals surface area contributed by atoms with Gasteiger partial charge in [0.05, 0.1) is 14.2 Å². The summed E-state index contributed by atoms with van der Waals surface area (Å²) in [5.41, 5.74) is 1.11. The van der Waals surface area contributed by atoms with Gasteiger partial charge in [-0.25, -0.2) is 4.98 Å². The van der Waals surface area contributed by atoms with Crippen LogP contribution in [0.25, 0.3) is 0 Å². The Labute approximate surface area is 124 Å². The highest BCUT2D eigenvalue weighted by Crippen LogP contribution is 2.16. The number of nitrogens with one attached hydrogen (secondary N) is 1. The number of benzene rings is 1. The number of hydrogen-bond donors (Lipinski definition) is 1. The Bertz CT molecular complexity index is 477. The first-order chi connectivity index (χ1) is 10.3. The van der Waals surface area contributed by atoms with Crippen molar-refractivity contribution < 1.29 is 14.2 Å². The maximum atomic E-state index is 5.63. The standard InChI is InChI=1S/C16H20N2O3/c1-19-14-4-6-15(7-5-14)21-10-9-17-11-13-3-8-16(20-2)18-12-13/h3-8,12,17H,9-11H2,1-2H3. The number of hydrogen-bond acceptors (Lipinski definition) is 5. The van der Waals surface area contributed by atoms with E-state index in [0.717, 1.165) is 30.2 Å². The zero-order valence-electron chi connectivity index (χ0n) is 12.3. The molecule has 1 aromatic carbocycles. The fourth-order valence-corrected chi connectivity index (χ4v) is 1.78. The van der Waals surface area contributed by atoms with E-state index in [2.05, 4.69) is 10.3 Å². The van der Waals surface area contributed by atoms with Crippen molar-refractivity contribution >= 4 is 0 Å². The van der Waals surface area contributed by atoms with Gasteiger partial charge in [0.15, 0.2) is 0 Å². The summed E-state index contributed by atoms with van der Waals surface area (Å²) in [6.45, 7) is 2.12. The van der Waals surface area contributed by atoms with E-state index in [-0.39, 0.29) is 0 Å². The molecule has 1 N–H and O–H groups in total. The Morgan fingerprint density at radius 2 is 1.71 bits per heavy atom. The van der Waals surface area contributed by atoms with Crippen LogP contribution < -0.4 is 19.5 Å². The minimum absolute atomic E-state index is 0.607. The minimum atomic E-state index is 0.607. The molecule has 5 heteroatoms. The van der Waals surface area contributed by atoms with Crippen LogP contribution in [0.4, 0.5) is 0 Å². The van der Waals surface area contributed by atoms with Crippen molar-refractivity contribution in [1.29, 1.82) is 0 Å². The Morgan fingerprint density at radius 3 is 2.33 bits per heavy atom. The molecule has 2 rings (SSSR count). The molecule has 0 unspecified atom stereocenters. The van der Waals surface area contributed by atoms with Gasteiger partial charge in [-0.1, -0.05) is 6.07 Å². The second kappa shape index (κ2) is 8.11. The molecule has 0 saturated heterocycles. The Hall–Kier alpha value is -2.27. The van der Waals surface area contributed by atoms with Gasteiger partial charge in [-0.2, -0.15) is 0 Å². The number of rotatable bonds is 8. The lowest BCUT2D eigenvalue weighted by Crippen LogP contribution is -2.20. The van der Waals surface area contributed by atoms with Crippen molar-refractivity contribution in [2.75, 3.05) is 27.4 Å². The third kappa shape index (κ3) is 4.96. The van der Waals surface area contributed by atoms with Crippen LogP contribution in [0.3, 0.4) is 0 Å². The summed E-state index contributed by atoms with van der Waals surface area (Å²) < 4.78 is 15.7. The molecule has 2 aromatic rings. The van der Waals surface area contributed by atoms with Crippen molar-refractivity contribution in [2.45, 2.75) is 6.54 Å². The molecule has 112 valence electrons. The van der Waals surface area contributed by atoms with Crippen molar-refractivity contribution in [2.24, 2.45) is 0 Å². The van der Waals surface area contributed by atoms with Gasteiger partial charge in [-0.15, -0.1) is 0 Å². The van der Waals surface area contributed by atoms with E-state index in [9.17, 15) is 0 Å². The molecular weight excluding hydrogens is 268 g/mol. The van der Waals surface area contributed by atoms with Crippen LogP contribution >= 0.6 is 0 Å². The molecule has 1 aromatic heterocycles. The van der Waals surface area contributed by atoms with E-state index >= 15 is 0 Å². The first-order valence-corrected chi connectivity index (χ1v) is 6.78. The number of aromatic nitrogens is 1. The SMILES string of the molecule is COc1ccc(OCCNCc2ccc(OC)nc2)cc1. The number of pyridine rings is 1. The molecular formula is C16H20N2O3. The fraction of sp³-hybridized carbons (Fsp3) is 0.312. The normalized spacial score (nSPS) is 10.2. The number of ether oxygens (including phenoxy) is 3. The molecule has 0 bridgehead atoms. The number of nitrogens with zero attached hydrogens (tertiary/aromatic N) is 1. The molecule has 0 radical (unpaired) electrons. The Balaban J connectivity index is 1.64. The first kappa shape index (κ1) is 15.1. The van der Waals surface area contributed by atoms with Crippen LogP contribution in [0.15, 0.2) is 42.6 Å². The molecule has 0 spiro atoms. The van der Waals surface area contributed by atoms with Gasteiger partial charge in [0.1, 0.15) is 18.1 Å². The minimum Gasteiger partial charge on any atom is -0.497 e. The van der Waals surface area contributed by atoms with Gasteiger partial charge < -0.3 is 19.5 Å². The van der Waals surface area contributed by atoms with E-state index < -0.39 is 0 Å². The molecule has 0 amide bonds. The van der Waals surface area contributed by atoms with Crippen molar-refractivity contribution in [3.05, 3.63) is 48.2 Å². The molecule has 1 heterocycles.